The lowest BCUT2D eigenvalue weighted by atomic mass is 10.0. The number of aliphatic hydroxyl groups excluding tert-OH is 1. The molecule has 5 rings (SSSR count). The van der Waals surface area contributed by atoms with Gasteiger partial charge in [-0.3, -0.25) is 0 Å². The third kappa shape index (κ3) is 5.43. The third-order valence-electron chi connectivity index (χ3n) is 6.20. The summed E-state index contributed by atoms with van der Waals surface area (Å²) in [6.45, 7) is 4.58. The molecule has 8 nitrogen and oxygen atoms in total. The molecular formula is C25H30N4O4S. The first-order chi connectivity index (χ1) is 16.7. The molecule has 2 unspecified atom stereocenters. The molecule has 0 saturated carbocycles. The smallest absolute Gasteiger partial charge is 0.318 e. The molecule has 9 heteroatoms. The SMILES string of the molecule is Cc1csc2ncnc(N3CCC(NCC(O)COC4=COC(Cc5ccccc5)O4)CC3)c12. The number of nitrogens with zero attached hydrogens (tertiary/aromatic N) is 3. The van der Waals surface area contributed by atoms with E-state index in [1.807, 2.05) is 30.3 Å². The lowest BCUT2D eigenvalue weighted by Crippen LogP contribution is -2.45. The van der Waals surface area contributed by atoms with Gasteiger partial charge in [-0.1, -0.05) is 30.3 Å². The van der Waals surface area contributed by atoms with Gasteiger partial charge in [0.25, 0.3) is 0 Å². The van der Waals surface area contributed by atoms with E-state index < -0.39 is 12.4 Å². The number of benzene rings is 1. The molecule has 0 spiro atoms. The predicted molar refractivity (Wildman–Crippen MR) is 132 cm³/mol. The van der Waals surface area contributed by atoms with E-state index in [4.69, 9.17) is 14.2 Å². The van der Waals surface area contributed by atoms with Crippen molar-refractivity contribution in [2.24, 2.45) is 0 Å². The highest BCUT2D eigenvalue weighted by atomic mass is 32.1. The van der Waals surface area contributed by atoms with Crippen LogP contribution >= 0.6 is 11.3 Å². The number of piperidine rings is 1. The number of hydrogen-bond acceptors (Lipinski definition) is 9. The van der Waals surface area contributed by atoms with Crippen molar-refractivity contribution in [3.05, 3.63) is 65.4 Å². The Hall–Kier alpha value is -2.88. The van der Waals surface area contributed by atoms with Crippen molar-refractivity contribution in [2.45, 2.75) is 44.6 Å². The number of anilines is 1. The topological polar surface area (TPSA) is 89.0 Å². The molecule has 180 valence electrons. The summed E-state index contributed by atoms with van der Waals surface area (Å²) in [6.07, 6.45) is 4.73. The van der Waals surface area contributed by atoms with Crippen LogP contribution in [-0.4, -0.2) is 59.8 Å². The van der Waals surface area contributed by atoms with Crippen molar-refractivity contribution in [1.29, 1.82) is 0 Å². The van der Waals surface area contributed by atoms with Gasteiger partial charge in [0, 0.05) is 32.1 Å². The van der Waals surface area contributed by atoms with Crippen LogP contribution in [0.4, 0.5) is 5.82 Å². The quantitative estimate of drug-likeness (QED) is 0.480. The first-order valence-electron chi connectivity index (χ1n) is 11.7. The zero-order chi connectivity index (χ0) is 23.3. The fourth-order valence-electron chi connectivity index (χ4n) is 4.35. The number of hydrogen-bond donors (Lipinski definition) is 2. The summed E-state index contributed by atoms with van der Waals surface area (Å²) in [5.74, 6) is 1.35. The monoisotopic (exact) mass is 482 g/mol. The second-order valence-corrected chi connectivity index (χ2v) is 9.60. The van der Waals surface area contributed by atoms with Crippen LogP contribution in [-0.2, 0) is 20.6 Å². The Bertz CT molecular complexity index is 1110. The number of aromatic nitrogens is 2. The molecule has 1 saturated heterocycles. The molecule has 2 N–H and O–H groups in total. The van der Waals surface area contributed by atoms with E-state index in [1.54, 1.807) is 17.7 Å². The molecule has 0 radical (unpaired) electrons. The summed E-state index contributed by atoms with van der Waals surface area (Å²) >= 11 is 1.67. The third-order valence-corrected chi connectivity index (χ3v) is 7.20. The molecule has 2 aliphatic rings. The summed E-state index contributed by atoms with van der Waals surface area (Å²) in [5, 5.41) is 17.1. The second kappa shape index (κ2) is 10.6. The van der Waals surface area contributed by atoms with Gasteiger partial charge in [0.1, 0.15) is 29.7 Å². The zero-order valence-electron chi connectivity index (χ0n) is 19.2. The number of rotatable bonds is 9. The summed E-state index contributed by atoms with van der Waals surface area (Å²) in [6, 6.07) is 10.4. The largest absolute Gasteiger partial charge is 0.460 e. The van der Waals surface area contributed by atoms with Gasteiger partial charge < -0.3 is 29.5 Å². The first-order valence-corrected chi connectivity index (χ1v) is 12.6. The minimum absolute atomic E-state index is 0.148. The predicted octanol–water partition coefficient (Wildman–Crippen LogP) is 3.35. The van der Waals surface area contributed by atoms with Gasteiger partial charge in [0.2, 0.25) is 6.29 Å². The molecule has 1 aromatic carbocycles. The molecule has 2 aromatic heterocycles. The van der Waals surface area contributed by atoms with Crippen LogP contribution < -0.4 is 10.2 Å². The van der Waals surface area contributed by atoms with Crippen molar-refractivity contribution < 1.29 is 19.3 Å². The van der Waals surface area contributed by atoms with E-state index in [0.717, 1.165) is 42.1 Å². The molecule has 0 aliphatic carbocycles. The van der Waals surface area contributed by atoms with E-state index in [1.165, 1.54) is 17.2 Å². The number of aryl methyl sites for hydroxylation is 1. The fraction of sp³-hybridized carbons (Fsp3) is 0.440. The molecule has 34 heavy (non-hydrogen) atoms. The number of ether oxygens (including phenoxy) is 3. The van der Waals surface area contributed by atoms with Crippen LogP contribution in [0.5, 0.6) is 0 Å². The molecule has 0 bridgehead atoms. The lowest BCUT2D eigenvalue weighted by molar-refractivity contribution is -0.0786. The Morgan fingerprint density at radius 3 is 2.88 bits per heavy atom. The Morgan fingerprint density at radius 2 is 2.06 bits per heavy atom. The lowest BCUT2D eigenvalue weighted by Gasteiger charge is -2.34. The van der Waals surface area contributed by atoms with E-state index in [2.05, 4.69) is 32.5 Å². The van der Waals surface area contributed by atoms with Gasteiger partial charge >= 0.3 is 5.95 Å². The highest BCUT2D eigenvalue weighted by Gasteiger charge is 2.24. The highest BCUT2D eigenvalue weighted by Crippen LogP contribution is 2.32. The molecule has 2 atom stereocenters. The normalized spacial score (nSPS) is 19.5. The Balaban J connectivity index is 1.01. The van der Waals surface area contributed by atoms with Gasteiger partial charge in [0.05, 0.1) is 5.39 Å². The van der Waals surface area contributed by atoms with Gasteiger partial charge in [-0.25, -0.2) is 9.97 Å². The number of aliphatic hydroxyl groups is 1. The highest BCUT2D eigenvalue weighted by molar-refractivity contribution is 7.17. The summed E-state index contributed by atoms with van der Waals surface area (Å²) in [7, 11) is 0. The van der Waals surface area contributed by atoms with E-state index in [-0.39, 0.29) is 6.61 Å². The van der Waals surface area contributed by atoms with Crippen LogP contribution in [0.15, 0.2) is 54.2 Å². The number of thiophene rings is 1. The van der Waals surface area contributed by atoms with Gasteiger partial charge in [-0.2, -0.15) is 0 Å². The minimum atomic E-state index is -0.634. The van der Waals surface area contributed by atoms with Crippen molar-refractivity contribution in [1.82, 2.24) is 15.3 Å². The van der Waals surface area contributed by atoms with Gasteiger partial charge in [0.15, 0.2) is 6.26 Å². The van der Waals surface area contributed by atoms with Gasteiger partial charge in [-0.15, -0.1) is 11.3 Å². The van der Waals surface area contributed by atoms with Crippen LogP contribution in [0, 0.1) is 6.92 Å². The molecular weight excluding hydrogens is 452 g/mol. The number of fused-ring (bicyclic) bond motifs is 1. The van der Waals surface area contributed by atoms with Gasteiger partial charge in [-0.05, 0) is 36.3 Å². The van der Waals surface area contributed by atoms with E-state index in [0.29, 0.717) is 25.0 Å². The van der Waals surface area contributed by atoms with Crippen molar-refractivity contribution in [2.75, 3.05) is 31.1 Å². The molecule has 3 aromatic rings. The Labute approximate surface area is 203 Å². The fourth-order valence-corrected chi connectivity index (χ4v) is 5.24. The average Bonchev–Trinajstić information content (AvgIpc) is 3.48. The zero-order valence-corrected chi connectivity index (χ0v) is 20.0. The Kier molecular flexibility index (Phi) is 7.13. The van der Waals surface area contributed by atoms with Crippen LogP contribution in [0.25, 0.3) is 10.2 Å². The van der Waals surface area contributed by atoms with Crippen LogP contribution in [0.2, 0.25) is 0 Å². The van der Waals surface area contributed by atoms with Crippen LogP contribution in [0.1, 0.15) is 24.0 Å². The average molecular weight is 483 g/mol. The Morgan fingerprint density at radius 1 is 1.24 bits per heavy atom. The van der Waals surface area contributed by atoms with E-state index >= 15 is 0 Å². The van der Waals surface area contributed by atoms with Crippen molar-refractivity contribution in [3.8, 4) is 0 Å². The maximum Gasteiger partial charge on any atom is 0.318 e. The molecule has 2 aliphatic heterocycles. The first kappa shape index (κ1) is 22.9. The molecule has 0 amide bonds. The number of nitrogens with one attached hydrogen (secondary N) is 1. The molecule has 1 fully saturated rings. The second-order valence-electron chi connectivity index (χ2n) is 8.74. The van der Waals surface area contributed by atoms with Crippen molar-refractivity contribution >= 4 is 27.4 Å². The summed E-state index contributed by atoms with van der Waals surface area (Å²) < 4.78 is 16.8. The summed E-state index contributed by atoms with van der Waals surface area (Å²) in [4.78, 5) is 12.4. The maximum atomic E-state index is 10.4. The maximum absolute atomic E-state index is 10.4. The standard InChI is InChI=1S/C25H30N4O4S/c1-17-15-34-25-23(17)24(27-16-28-25)29-9-7-19(8-10-29)26-12-20(30)13-31-22-14-32-21(33-22)11-18-5-3-2-4-6-18/h2-6,14-16,19-21,26,30H,7-13H2,1H3. The van der Waals surface area contributed by atoms with Crippen molar-refractivity contribution in [3.63, 3.8) is 0 Å². The van der Waals surface area contributed by atoms with Crippen LogP contribution in [0.3, 0.4) is 0 Å². The summed E-state index contributed by atoms with van der Waals surface area (Å²) in [5.41, 5.74) is 2.36. The molecule has 4 heterocycles. The van der Waals surface area contributed by atoms with E-state index in [9.17, 15) is 5.11 Å². The minimum Gasteiger partial charge on any atom is -0.460 e.